The van der Waals surface area contributed by atoms with Crippen LogP contribution in [0.4, 0.5) is 4.39 Å². The third kappa shape index (κ3) is 2.76. The van der Waals surface area contributed by atoms with E-state index in [0.717, 1.165) is 0 Å². The molecule has 124 valence electrons. The molecule has 24 heavy (non-hydrogen) atoms. The third-order valence-corrected chi connectivity index (χ3v) is 3.48. The molecule has 1 aromatic heterocycles. The number of halogens is 1. The zero-order chi connectivity index (χ0) is 17.1. The van der Waals surface area contributed by atoms with Gasteiger partial charge < -0.3 is 18.7 Å². The van der Waals surface area contributed by atoms with E-state index in [4.69, 9.17) is 18.7 Å². The number of benzene rings is 2. The van der Waals surface area contributed by atoms with E-state index in [-0.39, 0.29) is 11.5 Å². The molecule has 0 saturated carbocycles. The highest BCUT2D eigenvalue weighted by Gasteiger charge is 2.19. The average Bonchev–Trinajstić information content (AvgIpc) is 3.10. The Labute approximate surface area is 137 Å². The van der Waals surface area contributed by atoms with E-state index in [1.807, 2.05) is 0 Å². The van der Waals surface area contributed by atoms with Gasteiger partial charge in [0.25, 0.3) is 5.89 Å². The van der Waals surface area contributed by atoms with Crippen LogP contribution in [0.2, 0.25) is 0 Å². The largest absolute Gasteiger partial charge is 0.496 e. The Morgan fingerprint density at radius 2 is 1.67 bits per heavy atom. The van der Waals surface area contributed by atoms with Crippen molar-refractivity contribution in [1.29, 1.82) is 0 Å². The zero-order valence-electron chi connectivity index (χ0n) is 13.4. The summed E-state index contributed by atoms with van der Waals surface area (Å²) in [5.74, 6) is 1.27. The van der Waals surface area contributed by atoms with Crippen LogP contribution in [-0.4, -0.2) is 31.5 Å². The summed E-state index contributed by atoms with van der Waals surface area (Å²) in [7, 11) is 4.53. The fourth-order valence-corrected chi connectivity index (χ4v) is 2.30. The van der Waals surface area contributed by atoms with Crippen LogP contribution in [0.15, 0.2) is 40.9 Å². The van der Waals surface area contributed by atoms with Gasteiger partial charge in [0, 0.05) is 5.56 Å². The summed E-state index contributed by atoms with van der Waals surface area (Å²) in [6.45, 7) is 0. The zero-order valence-corrected chi connectivity index (χ0v) is 13.4. The molecule has 0 atom stereocenters. The number of hydrogen-bond donors (Lipinski definition) is 0. The standard InChI is InChI=1S/C17H15FN2O4/c1-21-12-8-7-10(9-14(12)23-3)16-19-17(24-20-16)15-11(18)5-4-6-13(15)22-2/h4-9H,1-3H3. The molecule has 0 bridgehead atoms. The van der Waals surface area contributed by atoms with Gasteiger partial charge in [-0.25, -0.2) is 4.39 Å². The van der Waals surface area contributed by atoms with Crippen LogP contribution in [0, 0.1) is 5.82 Å². The van der Waals surface area contributed by atoms with Gasteiger partial charge in [-0.2, -0.15) is 4.98 Å². The minimum absolute atomic E-state index is 0.0368. The van der Waals surface area contributed by atoms with Crippen molar-refractivity contribution in [1.82, 2.24) is 10.1 Å². The van der Waals surface area contributed by atoms with Crippen LogP contribution in [0.5, 0.6) is 17.2 Å². The van der Waals surface area contributed by atoms with Crippen LogP contribution in [0.1, 0.15) is 0 Å². The predicted molar refractivity (Wildman–Crippen MR) is 84.8 cm³/mol. The van der Waals surface area contributed by atoms with E-state index in [2.05, 4.69) is 10.1 Å². The summed E-state index contributed by atoms with van der Waals surface area (Å²) in [6.07, 6.45) is 0. The molecular weight excluding hydrogens is 315 g/mol. The molecule has 0 unspecified atom stereocenters. The van der Waals surface area contributed by atoms with Gasteiger partial charge in [0.05, 0.1) is 21.3 Å². The Balaban J connectivity index is 2.03. The Morgan fingerprint density at radius 3 is 2.38 bits per heavy atom. The Morgan fingerprint density at radius 1 is 0.917 bits per heavy atom. The Hall–Kier alpha value is -3.09. The number of rotatable bonds is 5. The summed E-state index contributed by atoms with van der Waals surface area (Å²) in [5, 5.41) is 3.91. The lowest BCUT2D eigenvalue weighted by Gasteiger charge is -2.07. The van der Waals surface area contributed by atoms with Crippen molar-refractivity contribution in [2.24, 2.45) is 0 Å². The van der Waals surface area contributed by atoms with Crippen molar-refractivity contribution in [2.45, 2.75) is 0 Å². The van der Waals surface area contributed by atoms with Crippen molar-refractivity contribution < 1.29 is 23.1 Å². The van der Waals surface area contributed by atoms with E-state index in [1.54, 1.807) is 37.4 Å². The van der Waals surface area contributed by atoms with Gasteiger partial charge >= 0.3 is 0 Å². The van der Waals surface area contributed by atoms with Gasteiger partial charge in [0.1, 0.15) is 17.1 Å². The van der Waals surface area contributed by atoms with Gasteiger partial charge in [-0.05, 0) is 30.3 Å². The van der Waals surface area contributed by atoms with Crippen molar-refractivity contribution in [3.05, 3.63) is 42.2 Å². The van der Waals surface area contributed by atoms with Crippen LogP contribution in [0.3, 0.4) is 0 Å². The summed E-state index contributed by atoms with van der Waals surface area (Å²) < 4.78 is 34.9. The molecule has 0 aliphatic carbocycles. The van der Waals surface area contributed by atoms with Crippen LogP contribution >= 0.6 is 0 Å². The smallest absolute Gasteiger partial charge is 0.265 e. The Bertz CT molecular complexity index is 864. The van der Waals surface area contributed by atoms with E-state index < -0.39 is 5.82 Å². The lowest BCUT2D eigenvalue weighted by molar-refractivity contribution is 0.355. The van der Waals surface area contributed by atoms with Gasteiger partial charge in [0.2, 0.25) is 5.82 Å². The molecule has 0 saturated heterocycles. The molecule has 2 aromatic carbocycles. The monoisotopic (exact) mass is 330 g/mol. The molecule has 0 amide bonds. The quantitative estimate of drug-likeness (QED) is 0.712. The van der Waals surface area contributed by atoms with Gasteiger partial charge in [-0.3, -0.25) is 0 Å². The van der Waals surface area contributed by atoms with Crippen LogP contribution in [-0.2, 0) is 0 Å². The molecule has 3 rings (SSSR count). The topological polar surface area (TPSA) is 66.6 Å². The number of hydrogen-bond acceptors (Lipinski definition) is 6. The van der Waals surface area contributed by atoms with Crippen molar-refractivity contribution in [2.75, 3.05) is 21.3 Å². The highest BCUT2D eigenvalue weighted by Crippen LogP contribution is 2.34. The number of methoxy groups -OCH3 is 3. The highest BCUT2D eigenvalue weighted by atomic mass is 19.1. The van der Waals surface area contributed by atoms with E-state index in [1.165, 1.54) is 20.3 Å². The molecule has 3 aromatic rings. The molecule has 1 heterocycles. The number of ether oxygens (including phenoxy) is 3. The lowest BCUT2D eigenvalue weighted by atomic mass is 10.1. The molecule has 0 spiro atoms. The van der Waals surface area contributed by atoms with E-state index >= 15 is 0 Å². The molecule has 0 aliphatic rings. The predicted octanol–water partition coefficient (Wildman–Crippen LogP) is 3.57. The van der Waals surface area contributed by atoms with Crippen molar-refractivity contribution >= 4 is 0 Å². The lowest BCUT2D eigenvalue weighted by Crippen LogP contribution is -1.92. The van der Waals surface area contributed by atoms with Crippen molar-refractivity contribution in [3.8, 4) is 40.1 Å². The highest BCUT2D eigenvalue weighted by molar-refractivity contribution is 5.67. The van der Waals surface area contributed by atoms with Crippen LogP contribution < -0.4 is 14.2 Å². The minimum atomic E-state index is -0.503. The second-order valence-corrected chi connectivity index (χ2v) is 4.81. The minimum Gasteiger partial charge on any atom is -0.496 e. The van der Waals surface area contributed by atoms with Gasteiger partial charge in [-0.15, -0.1) is 0 Å². The average molecular weight is 330 g/mol. The normalized spacial score (nSPS) is 10.5. The van der Waals surface area contributed by atoms with Gasteiger partial charge in [-0.1, -0.05) is 11.2 Å². The maximum absolute atomic E-state index is 14.1. The fraction of sp³-hybridized carbons (Fsp3) is 0.176. The second-order valence-electron chi connectivity index (χ2n) is 4.81. The molecule has 6 nitrogen and oxygen atoms in total. The molecule has 0 N–H and O–H groups in total. The number of aromatic nitrogens is 2. The maximum Gasteiger partial charge on any atom is 0.265 e. The first-order valence-corrected chi connectivity index (χ1v) is 7.07. The summed E-state index contributed by atoms with van der Waals surface area (Å²) >= 11 is 0. The molecule has 0 fully saturated rings. The molecule has 7 heteroatoms. The second kappa shape index (κ2) is 6.57. The maximum atomic E-state index is 14.1. The van der Waals surface area contributed by atoms with Crippen LogP contribution in [0.25, 0.3) is 22.8 Å². The Kier molecular flexibility index (Phi) is 4.33. The third-order valence-electron chi connectivity index (χ3n) is 3.48. The first-order valence-electron chi connectivity index (χ1n) is 7.07. The molecule has 0 aliphatic heterocycles. The number of nitrogens with zero attached hydrogens (tertiary/aromatic N) is 2. The summed E-state index contributed by atoms with van der Waals surface area (Å²) in [5.41, 5.74) is 0.775. The fourth-order valence-electron chi connectivity index (χ4n) is 2.30. The SMILES string of the molecule is COc1ccc(-c2noc(-c3c(F)cccc3OC)n2)cc1OC. The molecular formula is C17H15FN2O4. The first kappa shape index (κ1) is 15.8. The first-order chi connectivity index (χ1) is 11.7. The van der Waals surface area contributed by atoms with E-state index in [0.29, 0.717) is 28.6 Å². The molecule has 0 radical (unpaired) electrons. The van der Waals surface area contributed by atoms with Gasteiger partial charge in [0.15, 0.2) is 11.5 Å². The summed E-state index contributed by atoms with van der Waals surface area (Å²) in [4.78, 5) is 4.26. The van der Waals surface area contributed by atoms with Crippen molar-refractivity contribution in [3.63, 3.8) is 0 Å². The van der Waals surface area contributed by atoms with E-state index in [9.17, 15) is 4.39 Å². The summed E-state index contributed by atoms with van der Waals surface area (Å²) in [6, 6.07) is 9.68.